The van der Waals surface area contributed by atoms with Crippen molar-refractivity contribution in [1.29, 1.82) is 0 Å². The number of benzene rings is 1. The second-order valence-electron chi connectivity index (χ2n) is 8.15. The Morgan fingerprint density at radius 3 is 2.64 bits per heavy atom. The molecule has 1 aromatic carbocycles. The van der Waals surface area contributed by atoms with Crippen LogP contribution in [0.4, 0.5) is 11.5 Å². The lowest BCUT2D eigenvalue weighted by Gasteiger charge is -2.26. The van der Waals surface area contributed by atoms with Crippen LogP contribution >= 0.6 is 11.8 Å². The van der Waals surface area contributed by atoms with Crippen LogP contribution in [0.25, 0.3) is 0 Å². The van der Waals surface area contributed by atoms with Crippen molar-refractivity contribution < 1.29 is 4.79 Å². The summed E-state index contributed by atoms with van der Waals surface area (Å²) in [7, 11) is 0. The number of nitrogens with zero attached hydrogens (tertiary/aromatic N) is 4. The Bertz CT molecular complexity index is 1200. The van der Waals surface area contributed by atoms with Crippen molar-refractivity contribution in [2.24, 2.45) is 5.92 Å². The topological polar surface area (TPSA) is 119 Å². The minimum atomic E-state index is -0.673. The Labute approximate surface area is 196 Å². The number of aromatic nitrogens is 4. The Morgan fingerprint density at radius 1 is 1.24 bits per heavy atom. The van der Waals surface area contributed by atoms with Gasteiger partial charge in [0, 0.05) is 25.5 Å². The molecule has 10 heteroatoms. The van der Waals surface area contributed by atoms with Crippen LogP contribution in [0.3, 0.4) is 0 Å². The molecule has 3 aromatic rings. The van der Waals surface area contributed by atoms with E-state index in [4.69, 9.17) is 5.73 Å². The van der Waals surface area contributed by atoms with Gasteiger partial charge in [-0.05, 0) is 17.9 Å². The standard InChI is InChI=1S/C23H30N6O3S/c1-4-11-27-12-10-25-23(27)33-15-18(30)28(13-16(2)3)19-20(24)29(22(32)26-21(19)31)14-17-8-6-5-7-9-17/h5-10,12,16H,4,11,13-15,24H2,1-3H3,(H,26,31,32). The number of carbonyl (C=O) groups excluding carboxylic acids is 1. The van der Waals surface area contributed by atoms with Crippen LogP contribution in [-0.2, 0) is 17.9 Å². The molecule has 0 aliphatic rings. The molecule has 33 heavy (non-hydrogen) atoms. The molecule has 3 N–H and O–H groups in total. The van der Waals surface area contributed by atoms with Gasteiger partial charge in [-0.15, -0.1) is 0 Å². The smallest absolute Gasteiger partial charge is 0.330 e. The van der Waals surface area contributed by atoms with Crippen LogP contribution in [0, 0.1) is 5.92 Å². The zero-order valence-electron chi connectivity index (χ0n) is 19.2. The number of anilines is 2. The molecule has 0 aliphatic carbocycles. The van der Waals surface area contributed by atoms with E-state index in [1.165, 1.54) is 21.2 Å². The van der Waals surface area contributed by atoms with E-state index in [-0.39, 0.29) is 35.6 Å². The van der Waals surface area contributed by atoms with E-state index in [0.29, 0.717) is 6.54 Å². The first-order chi connectivity index (χ1) is 15.8. The van der Waals surface area contributed by atoms with Gasteiger partial charge in [-0.2, -0.15) is 0 Å². The largest absolute Gasteiger partial charge is 0.383 e. The number of hydrogen-bond donors (Lipinski definition) is 2. The molecule has 0 fully saturated rings. The maximum absolute atomic E-state index is 13.3. The number of hydrogen-bond acceptors (Lipinski definition) is 6. The van der Waals surface area contributed by atoms with Gasteiger partial charge in [-0.3, -0.25) is 19.1 Å². The summed E-state index contributed by atoms with van der Waals surface area (Å²) >= 11 is 1.31. The van der Waals surface area contributed by atoms with Crippen LogP contribution in [0.5, 0.6) is 0 Å². The van der Waals surface area contributed by atoms with Gasteiger partial charge in [-0.25, -0.2) is 9.78 Å². The van der Waals surface area contributed by atoms with Gasteiger partial charge < -0.3 is 15.2 Å². The van der Waals surface area contributed by atoms with E-state index in [9.17, 15) is 14.4 Å². The zero-order chi connectivity index (χ0) is 24.0. The Morgan fingerprint density at radius 2 is 1.97 bits per heavy atom. The summed E-state index contributed by atoms with van der Waals surface area (Å²) in [5.74, 6) is -0.139. The lowest BCUT2D eigenvalue weighted by molar-refractivity contribution is -0.116. The van der Waals surface area contributed by atoms with E-state index in [1.807, 2.05) is 54.9 Å². The van der Waals surface area contributed by atoms with Crippen LogP contribution in [0.2, 0.25) is 0 Å². The molecule has 3 rings (SSSR count). The molecule has 0 spiro atoms. The summed E-state index contributed by atoms with van der Waals surface area (Å²) in [6, 6.07) is 9.32. The predicted molar refractivity (Wildman–Crippen MR) is 132 cm³/mol. The van der Waals surface area contributed by atoms with Crippen molar-refractivity contribution in [3.8, 4) is 0 Å². The number of aromatic amines is 1. The molecule has 0 saturated carbocycles. The van der Waals surface area contributed by atoms with E-state index in [2.05, 4.69) is 16.9 Å². The van der Waals surface area contributed by atoms with Crippen molar-refractivity contribution in [2.75, 3.05) is 22.9 Å². The molecular formula is C23H30N6O3S. The van der Waals surface area contributed by atoms with E-state index in [0.717, 1.165) is 23.7 Å². The number of rotatable bonds is 10. The first-order valence-electron chi connectivity index (χ1n) is 10.9. The van der Waals surface area contributed by atoms with Crippen molar-refractivity contribution in [3.05, 3.63) is 69.1 Å². The Hall–Kier alpha value is -3.27. The molecule has 0 saturated heterocycles. The van der Waals surface area contributed by atoms with E-state index >= 15 is 0 Å². The summed E-state index contributed by atoms with van der Waals surface area (Å²) < 4.78 is 3.28. The highest BCUT2D eigenvalue weighted by atomic mass is 32.2. The SMILES string of the molecule is CCCn1ccnc1SCC(=O)N(CC(C)C)c1c(N)n(Cc2ccccc2)c(=O)[nH]c1=O. The van der Waals surface area contributed by atoms with Crippen molar-refractivity contribution in [2.45, 2.75) is 45.4 Å². The minimum absolute atomic E-state index is 0.00160. The summed E-state index contributed by atoms with van der Waals surface area (Å²) in [4.78, 5) is 46.6. The van der Waals surface area contributed by atoms with Gasteiger partial charge in [0.25, 0.3) is 5.56 Å². The molecule has 176 valence electrons. The normalized spacial score (nSPS) is 11.2. The lowest BCUT2D eigenvalue weighted by atomic mass is 10.2. The molecular weight excluding hydrogens is 440 g/mol. The van der Waals surface area contributed by atoms with Crippen molar-refractivity contribution in [3.63, 3.8) is 0 Å². The number of amides is 1. The first-order valence-corrected chi connectivity index (χ1v) is 11.9. The number of imidazole rings is 1. The van der Waals surface area contributed by atoms with Gasteiger partial charge in [-0.1, -0.05) is 62.9 Å². The van der Waals surface area contributed by atoms with E-state index in [1.54, 1.807) is 6.20 Å². The Balaban J connectivity index is 1.93. The fourth-order valence-electron chi connectivity index (χ4n) is 3.50. The zero-order valence-corrected chi connectivity index (χ0v) is 20.0. The molecule has 1 amide bonds. The quantitative estimate of drug-likeness (QED) is 0.440. The minimum Gasteiger partial charge on any atom is -0.383 e. The third-order valence-corrected chi connectivity index (χ3v) is 5.97. The van der Waals surface area contributed by atoms with Crippen molar-refractivity contribution in [1.82, 2.24) is 19.1 Å². The van der Waals surface area contributed by atoms with Crippen molar-refractivity contribution >= 4 is 29.2 Å². The molecule has 0 aliphatic heterocycles. The fourth-order valence-corrected chi connectivity index (χ4v) is 4.36. The number of nitrogens with one attached hydrogen (secondary N) is 1. The molecule has 0 unspecified atom stereocenters. The van der Waals surface area contributed by atoms with Gasteiger partial charge in [0.1, 0.15) is 5.82 Å². The first kappa shape index (κ1) is 24.4. The monoisotopic (exact) mass is 470 g/mol. The number of carbonyl (C=O) groups is 1. The highest BCUT2D eigenvalue weighted by Crippen LogP contribution is 2.22. The average molecular weight is 471 g/mol. The molecule has 2 aromatic heterocycles. The molecule has 0 radical (unpaired) electrons. The predicted octanol–water partition coefficient (Wildman–Crippen LogP) is 2.55. The second kappa shape index (κ2) is 11.0. The summed E-state index contributed by atoms with van der Waals surface area (Å²) in [5, 5.41) is 0.741. The fraction of sp³-hybridized carbons (Fsp3) is 0.391. The van der Waals surface area contributed by atoms with Crippen LogP contribution in [0.15, 0.2) is 57.5 Å². The third-order valence-electron chi connectivity index (χ3n) is 4.98. The number of nitrogen functional groups attached to an aromatic ring is 1. The molecule has 2 heterocycles. The van der Waals surface area contributed by atoms with Gasteiger partial charge in [0.05, 0.1) is 12.3 Å². The average Bonchev–Trinajstić information content (AvgIpc) is 3.22. The Kier molecular flexibility index (Phi) is 8.16. The third kappa shape index (κ3) is 5.95. The van der Waals surface area contributed by atoms with Gasteiger partial charge in [0.15, 0.2) is 10.8 Å². The number of H-pyrrole nitrogens is 1. The second-order valence-corrected chi connectivity index (χ2v) is 9.10. The van der Waals surface area contributed by atoms with Gasteiger partial charge >= 0.3 is 5.69 Å². The highest BCUT2D eigenvalue weighted by Gasteiger charge is 2.25. The molecule has 9 nitrogen and oxygen atoms in total. The maximum Gasteiger partial charge on any atom is 0.330 e. The summed E-state index contributed by atoms with van der Waals surface area (Å²) in [5.41, 5.74) is 5.89. The number of aryl methyl sites for hydroxylation is 1. The number of thioether (sulfide) groups is 1. The highest BCUT2D eigenvalue weighted by molar-refractivity contribution is 7.99. The molecule has 0 atom stereocenters. The van der Waals surface area contributed by atoms with Crippen LogP contribution < -0.4 is 21.9 Å². The summed E-state index contributed by atoms with van der Waals surface area (Å²) in [6.45, 7) is 7.26. The molecule has 0 bridgehead atoms. The maximum atomic E-state index is 13.3. The van der Waals surface area contributed by atoms with Gasteiger partial charge in [0.2, 0.25) is 5.91 Å². The number of nitrogens with two attached hydrogens (primary N) is 1. The van der Waals surface area contributed by atoms with Crippen LogP contribution in [-0.4, -0.2) is 37.3 Å². The lowest BCUT2D eigenvalue weighted by Crippen LogP contribution is -2.43. The van der Waals surface area contributed by atoms with E-state index < -0.39 is 11.2 Å². The van der Waals surface area contributed by atoms with Crippen LogP contribution in [0.1, 0.15) is 32.8 Å². The summed E-state index contributed by atoms with van der Waals surface area (Å²) in [6.07, 6.45) is 4.53.